The molecule has 186 valence electrons. The van der Waals surface area contributed by atoms with Gasteiger partial charge in [-0.15, -0.1) is 0 Å². The van der Waals surface area contributed by atoms with Gasteiger partial charge in [-0.1, -0.05) is 0 Å². The summed E-state index contributed by atoms with van der Waals surface area (Å²) in [7, 11) is 2.41. The number of ether oxygens (including phenoxy) is 1. The minimum Gasteiger partial charge on any atom is -0.377 e. The van der Waals surface area contributed by atoms with Crippen molar-refractivity contribution in [3.8, 4) is 11.4 Å². The molecule has 1 saturated heterocycles. The average molecular weight is 491 g/mol. The first-order chi connectivity index (χ1) is 16.0. The van der Waals surface area contributed by atoms with Crippen molar-refractivity contribution in [1.82, 2.24) is 19.8 Å². The highest BCUT2D eigenvalue weighted by Crippen LogP contribution is 2.25. The Morgan fingerprint density at radius 3 is 2.50 bits per heavy atom. The number of amides is 2. The number of benzene rings is 1. The van der Waals surface area contributed by atoms with E-state index in [1.165, 1.54) is 6.26 Å². The first-order valence-electron chi connectivity index (χ1n) is 11.2. The second kappa shape index (κ2) is 11.1. The van der Waals surface area contributed by atoms with E-state index in [0.29, 0.717) is 49.3 Å². The van der Waals surface area contributed by atoms with Crippen LogP contribution in [0.3, 0.4) is 0 Å². The summed E-state index contributed by atoms with van der Waals surface area (Å²) >= 11 is 0. The molecule has 34 heavy (non-hydrogen) atoms. The molecule has 1 N–H and O–H groups in total. The molecule has 2 amide bonds. The number of anilines is 2. The van der Waals surface area contributed by atoms with E-state index in [-0.39, 0.29) is 17.8 Å². The fourth-order valence-electron chi connectivity index (χ4n) is 3.54. The first kappa shape index (κ1) is 25.9. The highest BCUT2D eigenvalue weighted by atomic mass is 32.2. The number of hydrogen-bond donors (Lipinski definition) is 1. The standard InChI is InChI=1S/C23H34N6O4S/c1-17-15-33-13-12-29(17)21-14-20(16-34(5,31)32)24-22(26-21)18-6-8-19(9-7-18)25-23(30)28(4)11-10-27(2)3/h6-9,14,17H,10-13,15-16H2,1-5H3,(H,25,30)/t17-/m0/s1. The maximum atomic E-state index is 12.4. The smallest absolute Gasteiger partial charge is 0.321 e. The maximum Gasteiger partial charge on any atom is 0.321 e. The third kappa shape index (κ3) is 7.37. The molecule has 1 fully saturated rings. The van der Waals surface area contributed by atoms with Gasteiger partial charge in [0.05, 0.1) is 30.7 Å². The van der Waals surface area contributed by atoms with E-state index in [4.69, 9.17) is 9.72 Å². The molecule has 3 rings (SSSR count). The third-order valence-electron chi connectivity index (χ3n) is 5.46. The number of sulfone groups is 1. The van der Waals surface area contributed by atoms with Crippen LogP contribution in [0, 0.1) is 0 Å². The Hall–Kier alpha value is -2.76. The Bertz CT molecular complexity index is 1090. The minimum absolute atomic E-state index is 0.115. The summed E-state index contributed by atoms with van der Waals surface area (Å²) in [4.78, 5) is 27.4. The molecule has 0 spiro atoms. The highest BCUT2D eigenvalue weighted by Gasteiger charge is 2.22. The summed E-state index contributed by atoms with van der Waals surface area (Å²) in [6.07, 6.45) is 1.19. The van der Waals surface area contributed by atoms with Gasteiger partial charge in [-0.3, -0.25) is 0 Å². The van der Waals surface area contributed by atoms with Gasteiger partial charge in [-0.2, -0.15) is 0 Å². The number of urea groups is 1. The summed E-state index contributed by atoms with van der Waals surface area (Å²) in [5, 5.41) is 2.88. The number of aromatic nitrogens is 2. The molecule has 0 saturated carbocycles. The van der Waals surface area contributed by atoms with Gasteiger partial charge < -0.3 is 24.8 Å². The molecule has 1 aromatic heterocycles. The van der Waals surface area contributed by atoms with Crippen molar-refractivity contribution < 1.29 is 17.9 Å². The van der Waals surface area contributed by atoms with Crippen molar-refractivity contribution in [2.45, 2.75) is 18.7 Å². The Balaban J connectivity index is 1.83. The van der Waals surface area contributed by atoms with Crippen molar-refractivity contribution in [2.75, 3.05) is 70.5 Å². The lowest BCUT2D eigenvalue weighted by Gasteiger charge is -2.34. The fraction of sp³-hybridized carbons (Fsp3) is 0.522. The van der Waals surface area contributed by atoms with Crippen LogP contribution in [0.1, 0.15) is 12.6 Å². The van der Waals surface area contributed by atoms with Crippen LogP contribution >= 0.6 is 0 Å². The number of hydrogen-bond acceptors (Lipinski definition) is 8. The highest BCUT2D eigenvalue weighted by molar-refractivity contribution is 7.89. The average Bonchev–Trinajstić information content (AvgIpc) is 2.76. The van der Waals surface area contributed by atoms with Crippen molar-refractivity contribution in [3.63, 3.8) is 0 Å². The van der Waals surface area contributed by atoms with Crippen LogP contribution < -0.4 is 10.2 Å². The van der Waals surface area contributed by atoms with Gasteiger partial charge >= 0.3 is 6.03 Å². The normalized spacial score (nSPS) is 16.5. The topological polar surface area (TPSA) is 108 Å². The van der Waals surface area contributed by atoms with Crippen LogP contribution in [0.2, 0.25) is 0 Å². The molecule has 2 heterocycles. The Kier molecular flexibility index (Phi) is 8.45. The molecule has 2 aromatic rings. The van der Waals surface area contributed by atoms with Crippen LogP contribution in [-0.4, -0.2) is 101 Å². The van der Waals surface area contributed by atoms with Crippen LogP contribution in [0.15, 0.2) is 30.3 Å². The lowest BCUT2D eigenvalue weighted by Crippen LogP contribution is -2.44. The second-order valence-corrected chi connectivity index (χ2v) is 11.1. The van der Waals surface area contributed by atoms with E-state index in [9.17, 15) is 13.2 Å². The van der Waals surface area contributed by atoms with Gasteiger partial charge in [-0.25, -0.2) is 23.2 Å². The molecule has 0 radical (unpaired) electrons. The molecule has 0 aliphatic carbocycles. The van der Waals surface area contributed by atoms with Gasteiger partial charge in [0.1, 0.15) is 5.82 Å². The first-order valence-corrected chi connectivity index (χ1v) is 13.3. The van der Waals surface area contributed by atoms with Gasteiger partial charge in [0.15, 0.2) is 15.7 Å². The van der Waals surface area contributed by atoms with E-state index in [0.717, 1.165) is 12.1 Å². The number of nitrogens with zero attached hydrogens (tertiary/aromatic N) is 5. The fourth-order valence-corrected chi connectivity index (χ4v) is 4.23. The van der Waals surface area contributed by atoms with E-state index in [2.05, 4.69) is 15.2 Å². The molecule has 11 heteroatoms. The number of morpholine rings is 1. The van der Waals surface area contributed by atoms with Crippen LogP contribution in [0.25, 0.3) is 11.4 Å². The summed E-state index contributed by atoms with van der Waals surface area (Å²) in [5.74, 6) is 0.956. The maximum absolute atomic E-state index is 12.4. The quantitative estimate of drug-likeness (QED) is 0.598. The van der Waals surface area contributed by atoms with Gasteiger partial charge in [0.25, 0.3) is 0 Å². The van der Waals surface area contributed by atoms with Gasteiger partial charge in [-0.05, 0) is 45.3 Å². The van der Waals surface area contributed by atoms with Crippen LogP contribution in [0.4, 0.5) is 16.3 Å². The Morgan fingerprint density at radius 2 is 1.88 bits per heavy atom. The summed E-state index contributed by atoms with van der Waals surface area (Å²) < 4.78 is 29.4. The number of rotatable bonds is 8. The molecule has 1 aliphatic heterocycles. The van der Waals surface area contributed by atoms with E-state index >= 15 is 0 Å². The molecule has 0 unspecified atom stereocenters. The van der Waals surface area contributed by atoms with Crippen molar-refractivity contribution >= 4 is 27.4 Å². The number of carbonyl (C=O) groups excluding carboxylic acids is 1. The molecule has 1 aliphatic rings. The van der Waals surface area contributed by atoms with Crippen LogP contribution in [0.5, 0.6) is 0 Å². The molecule has 1 atom stereocenters. The molecular weight excluding hydrogens is 456 g/mol. The van der Waals surface area contributed by atoms with E-state index < -0.39 is 9.84 Å². The van der Waals surface area contributed by atoms with Crippen LogP contribution in [-0.2, 0) is 20.3 Å². The number of carbonyl (C=O) groups is 1. The molecule has 1 aromatic carbocycles. The van der Waals surface area contributed by atoms with Gasteiger partial charge in [0, 0.05) is 50.3 Å². The van der Waals surface area contributed by atoms with Crippen molar-refractivity contribution in [3.05, 3.63) is 36.0 Å². The zero-order valence-corrected chi connectivity index (χ0v) is 21.3. The van der Waals surface area contributed by atoms with E-state index in [1.54, 1.807) is 30.1 Å². The summed E-state index contributed by atoms with van der Waals surface area (Å²) in [6.45, 7) is 5.27. The summed E-state index contributed by atoms with van der Waals surface area (Å²) in [6, 6.07) is 8.88. The zero-order chi connectivity index (χ0) is 24.9. The minimum atomic E-state index is -3.26. The third-order valence-corrected chi connectivity index (χ3v) is 6.28. The largest absolute Gasteiger partial charge is 0.377 e. The van der Waals surface area contributed by atoms with Crippen molar-refractivity contribution in [1.29, 1.82) is 0 Å². The van der Waals surface area contributed by atoms with Crippen molar-refractivity contribution in [2.24, 2.45) is 0 Å². The number of likely N-dealkylation sites (N-methyl/N-ethyl adjacent to an activating group) is 2. The number of nitrogens with one attached hydrogen (secondary N) is 1. The zero-order valence-electron chi connectivity index (χ0n) is 20.5. The molecule has 10 nitrogen and oxygen atoms in total. The monoisotopic (exact) mass is 490 g/mol. The van der Waals surface area contributed by atoms with Gasteiger partial charge in [0.2, 0.25) is 0 Å². The Labute approximate surface area is 201 Å². The van der Waals surface area contributed by atoms with E-state index in [1.807, 2.05) is 38.1 Å². The molecule has 0 bridgehead atoms. The predicted molar refractivity (Wildman–Crippen MR) is 134 cm³/mol. The molecular formula is C23H34N6O4S. The lowest BCUT2D eigenvalue weighted by atomic mass is 10.2. The predicted octanol–water partition coefficient (Wildman–Crippen LogP) is 1.94. The second-order valence-electron chi connectivity index (χ2n) is 8.96. The Morgan fingerprint density at radius 1 is 1.18 bits per heavy atom. The summed E-state index contributed by atoms with van der Waals surface area (Å²) in [5.41, 5.74) is 1.83. The lowest BCUT2D eigenvalue weighted by molar-refractivity contribution is 0.0985. The SMILES string of the molecule is C[C@H]1COCCN1c1cc(CS(C)(=O)=O)nc(-c2ccc(NC(=O)N(C)CCN(C)C)cc2)n1.